The van der Waals surface area contributed by atoms with E-state index in [0.29, 0.717) is 53.1 Å². The summed E-state index contributed by atoms with van der Waals surface area (Å²) in [7, 11) is 0. The summed E-state index contributed by atoms with van der Waals surface area (Å²) in [6, 6.07) is 14.5. The van der Waals surface area contributed by atoms with E-state index in [1.807, 2.05) is 24.3 Å². The van der Waals surface area contributed by atoms with Gasteiger partial charge >= 0.3 is 0 Å². The number of pyridine rings is 2. The van der Waals surface area contributed by atoms with Crippen molar-refractivity contribution in [2.45, 2.75) is 26.2 Å². The van der Waals surface area contributed by atoms with Crippen molar-refractivity contribution in [3.8, 4) is 17.3 Å². The van der Waals surface area contributed by atoms with Gasteiger partial charge in [-0.2, -0.15) is 5.26 Å². The maximum Gasteiger partial charge on any atom is 0.252 e. The van der Waals surface area contributed by atoms with Gasteiger partial charge in [-0.05, 0) is 61.1 Å². The monoisotopic (exact) mass is 473 g/mol. The van der Waals surface area contributed by atoms with Gasteiger partial charge < -0.3 is 10.2 Å². The summed E-state index contributed by atoms with van der Waals surface area (Å²) in [5.74, 6) is 0.317. The van der Waals surface area contributed by atoms with Crippen LogP contribution in [0.1, 0.15) is 41.4 Å². The molecule has 0 bridgehead atoms. The Morgan fingerprint density at radius 3 is 2.56 bits per heavy atom. The lowest BCUT2D eigenvalue weighted by atomic mass is 10.1. The minimum absolute atomic E-state index is 0.0227. The molecule has 4 rings (SSSR count). The average Bonchev–Trinajstić information content (AvgIpc) is 3.67. The van der Waals surface area contributed by atoms with Crippen molar-refractivity contribution in [2.24, 2.45) is 5.92 Å². The zero-order valence-electron chi connectivity index (χ0n) is 18.8. The summed E-state index contributed by atoms with van der Waals surface area (Å²) in [4.78, 5) is 34.7. The smallest absolute Gasteiger partial charge is 0.252 e. The molecule has 2 amide bonds. The number of carbonyl (C=O) groups excluding carboxylic acids is 2. The molecule has 172 valence electrons. The fourth-order valence-electron chi connectivity index (χ4n) is 3.60. The summed E-state index contributed by atoms with van der Waals surface area (Å²) in [6.45, 7) is 2.69. The van der Waals surface area contributed by atoms with Gasteiger partial charge in [0.05, 0.1) is 22.0 Å². The lowest BCUT2D eigenvalue weighted by Gasteiger charge is -2.22. The average molecular weight is 474 g/mol. The van der Waals surface area contributed by atoms with Crippen LogP contribution >= 0.6 is 11.6 Å². The number of nitrogens with zero attached hydrogens (tertiary/aromatic N) is 4. The molecule has 0 radical (unpaired) electrons. The number of hydrogen-bond acceptors (Lipinski definition) is 5. The van der Waals surface area contributed by atoms with Crippen LogP contribution in [-0.4, -0.2) is 34.9 Å². The number of halogens is 1. The molecule has 1 aliphatic rings. The van der Waals surface area contributed by atoms with E-state index < -0.39 is 0 Å². The molecule has 1 N–H and O–H groups in total. The van der Waals surface area contributed by atoms with Crippen molar-refractivity contribution in [3.63, 3.8) is 0 Å². The Labute approximate surface area is 203 Å². The molecule has 1 aromatic carbocycles. The highest BCUT2D eigenvalue weighted by molar-refractivity contribution is 6.34. The minimum atomic E-state index is -0.216. The molecule has 1 fully saturated rings. The van der Waals surface area contributed by atoms with Gasteiger partial charge in [-0.25, -0.2) is 4.98 Å². The number of anilines is 1. The van der Waals surface area contributed by atoms with Crippen LogP contribution in [0.4, 0.5) is 5.69 Å². The molecule has 0 unspecified atom stereocenters. The number of rotatable bonds is 8. The summed E-state index contributed by atoms with van der Waals surface area (Å²) >= 11 is 6.52. The zero-order valence-corrected chi connectivity index (χ0v) is 19.5. The molecule has 0 spiro atoms. The highest BCUT2D eigenvalue weighted by Gasteiger charge is 2.27. The number of nitriles is 1. The van der Waals surface area contributed by atoms with E-state index in [-0.39, 0.29) is 11.8 Å². The molecule has 8 heteroatoms. The van der Waals surface area contributed by atoms with Crippen molar-refractivity contribution in [2.75, 3.05) is 18.0 Å². The molecule has 0 aliphatic heterocycles. The van der Waals surface area contributed by atoms with Gasteiger partial charge in [-0.15, -0.1) is 0 Å². The zero-order chi connectivity index (χ0) is 24.1. The predicted octanol–water partition coefficient (Wildman–Crippen LogP) is 4.40. The van der Waals surface area contributed by atoms with Crippen molar-refractivity contribution in [1.82, 2.24) is 15.3 Å². The van der Waals surface area contributed by atoms with E-state index in [1.54, 1.807) is 42.3 Å². The summed E-state index contributed by atoms with van der Waals surface area (Å²) < 4.78 is 0. The van der Waals surface area contributed by atoms with Gasteiger partial charge in [0.1, 0.15) is 11.8 Å². The molecular weight excluding hydrogens is 450 g/mol. The third-order valence-electron chi connectivity index (χ3n) is 5.72. The van der Waals surface area contributed by atoms with Gasteiger partial charge in [0.2, 0.25) is 5.91 Å². The highest BCUT2D eigenvalue weighted by atomic mass is 35.5. The normalized spacial score (nSPS) is 12.6. The first kappa shape index (κ1) is 23.4. The number of nitrogens with one attached hydrogen (secondary N) is 1. The van der Waals surface area contributed by atoms with Crippen LogP contribution in [0, 0.1) is 17.2 Å². The Morgan fingerprint density at radius 2 is 1.97 bits per heavy atom. The first-order chi connectivity index (χ1) is 16.4. The van der Waals surface area contributed by atoms with E-state index in [9.17, 15) is 9.59 Å². The topological polar surface area (TPSA) is 99.0 Å². The molecule has 34 heavy (non-hydrogen) atoms. The van der Waals surface area contributed by atoms with Crippen LogP contribution in [0.15, 0.2) is 54.9 Å². The van der Waals surface area contributed by atoms with Crippen molar-refractivity contribution < 1.29 is 9.59 Å². The molecule has 7 nitrogen and oxygen atoms in total. The van der Waals surface area contributed by atoms with E-state index in [2.05, 4.69) is 15.3 Å². The second-order valence-electron chi connectivity index (χ2n) is 8.34. The Bertz CT molecular complexity index is 1230. The van der Waals surface area contributed by atoms with Crippen molar-refractivity contribution in [3.05, 3.63) is 76.7 Å². The van der Waals surface area contributed by atoms with Gasteiger partial charge in [-0.1, -0.05) is 23.7 Å². The van der Waals surface area contributed by atoms with Crippen molar-refractivity contribution >= 4 is 29.1 Å². The Balaban J connectivity index is 1.37. The lowest BCUT2D eigenvalue weighted by Crippen LogP contribution is -2.30. The minimum Gasteiger partial charge on any atom is -0.352 e. The molecule has 0 saturated heterocycles. The largest absolute Gasteiger partial charge is 0.352 e. The Hall–Kier alpha value is -3.76. The SMILES string of the molecule is CC(=O)N(CC1CC1)c1ccc(-c2ccc(C(=O)NCCc3ccc(C#N)nc3)cn2)cc1Cl. The molecular formula is C26H24ClN5O2. The molecule has 1 aliphatic carbocycles. The third kappa shape index (κ3) is 5.77. The van der Waals surface area contributed by atoms with E-state index >= 15 is 0 Å². The van der Waals surface area contributed by atoms with E-state index in [0.717, 1.165) is 24.0 Å². The molecule has 2 aromatic heterocycles. The van der Waals surface area contributed by atoms with Crippen LogP contribution in [-0.2, 0) is 11.2 Å². The summed E-state index contributed by atoms with van der Waals surface area (Å²) in [5.41, 5.74) is 3.96. The third-order valence-corrected chi connectivity index (χ3v) is 6.02. The molecule has 0 atom stereocenters. The molecule has 2 heterocycles. The second-order valence-corrected chi connectivity index (χ2v) is 8.75. The quantitative estimate of drug-likeness (QED) is 0.522. The van der Waals surface area contributed by atoms with Crippen LogP contribution in [0.5, 0.6) is 0 Å². The second kappa shape index (κ2) is 10.4. The maximum absolute atomic E-state index is 12.4. The van der Waals surface area contributed by atoms with Gasteiger partial charge in [0.15, 0.2) is 0 Å². The predicted molar refractivity (Wildman–Crippen MR) is 130 cm³/mol. The van der Waals surface area contributed by atoms with Crippen molar-refractivity contribution in [1.29, 1.82) is 5.26 Å². The highest BCUT2D eigenvalue weighted by Crippen LogP contribution is 2.35. The number of carbonyl (C=O) groups is 2. The number of benzene rings is 1. The first-order valence-corrected chi connectivity index (χ1v) is 11.5. The van der Waals surface area contributed by atoms with Gasteiger partial charge in [0, 0.05) is 38.0 Å². The summed E-state index contributed by atoms with van der Waals surface area (Å²) in [6.07, 6.45) is 6.08. The number of amides is 2. The number of aromatic nitrogens is 2. The van der Waals surface area contributed by atoms with Crippen LogP contribution in [0.25, 0.3) is 11.3 Å². The first-order valence-electron chi connectivity index (χ1n) is 11.1. The van der Waals surface area contributed by atoms with Gasteiger partial charge in [-0.3, -0.25) is 14.6 Å². The maximum atomic E-state index is 12.4. The molecule has 3 aromatic rings. The fraction of sp³-hybridized carbons (Fsp3) is 0.269. The molecule has 1 saturated carbocycles. The fourth-order valence-corrected chi connectivity index (χ4v) is 3.88. The standard InChI is InChI=1S/C26H24ClN5O2/c1-17(33)32(16-19-2-3-19)25-9-6-20(12-23(25)27)24-8-5-21(15-31-24)26(34)29-11-10-18-4-7-22(13-28)30-14-18/h4-9,12,14-15,19H,2-3,10-11,16H2,1H3,(H,29,34). The van der Waals surface area contributed by atoms with Gasteiger partial charge in [0.25, 0.3) is 5.91 Å². The Morgan fingerprint density at radius 1 is 1.15 bits per heavy atom. The van der Waals surface area contributed by atoms with Crippen LogP contribution < -0.4 is 10.2 Å². The Kier molecular flexibility index (Phi) is 7.19. The van der Waals surface area contributed by atoms with E-state index in [4.69, 9.17) is 16.9 Å². The van der Waals surface area contributed by atoms with Crippen LogP contribution in [0.2, 0.25) is 5.02 Å². The number of hydrogen-bond donors (Lipinski definition) is 1. The summed E-state index contributed by atoms with van der Waals surface area (Å²) in [5, 5.41) is 12.2. The van der Waals surface area contributed by atoms with Crippen LogP contribution in [0.3, 0.4) is 0 Å². The van der Waals surface area contributed by atoms with E-state index in [1.165, 1.54) is 6.20 Å². The lowest BCUT2D eigenvalue weighted by molar-refractivity contribution is -0.116.